The number of carbonyl (C=O) groups excluding carboxylic acids is 3. The summed E-state index contributed by atoms with van der Waals surface area (Å²) in [6, 6.07) is 0. The minimum Gasteiger partial charge on any atom is -0.462 e. The third-order valence-corrected chi connectivity index (χ3v) is 12.5. The molecule has 0 spiro atoms. The van der Waals surface area contributed by atoms with Crippen molar-refractivity contribution in [3.05, 3.63) is 0 Å². The minimum atomic E-state index is -4.70. The number of carbonyl (C=O) groups is 3. The molecule has 0 aromatic rings. The first-order valence-corrected chi connectivity index (χ1v) is 26.9. The van der Waals surface area contributed by atoms with Crippen LogP contribution in [-0.4, -0.2) is 103 Å². The summed E-state index contributed by atoms with van der Waals surface area (Å²) in [5.41, 5.74) is 5.39. The molecule has 0 aliphatic carbocycles. The summed E-state index contributed by atoms with van der Waals surface area (Å²) < 4.78 is 60.7. The molecule has 0 radical (unpaired) electrons. The Morgan fingerprint density at radius 1 is 0.556 bits per heavy atom. The van der Waals surface area contributed by atoms with E-state index in [1.54, 1.807) is 0 Å². The lowest BCUT2D eigenvalue weighted by Gasteiger charge is -2.41. The summed E-state index contributed by atoms with van der Waals surface area (Å²) in [6.45, 7) is 3.63. The largest absolute Gasteiger partial charge is 0.462 e. The van der Waals surface area contributed by atoms with Crippen molar-refractivity contribution < 1.29 is 61.3 Å². The summed E-state index contributed by atoms with van der Waals surface area (Å²) >= 11 is 0. The number of aliphatic hydroxyl groups is 2. The molecule has 0 aromatic heterocycles. The van der Waals surface area contributed by atoms with Crippen LogP contribution in [0.25, 0.3) is 0 Å². The Morgan fingerprint density at radius 3 is 1.35 bits per heavy atom. The number of ether oxygens (including phenoxy) is 5. The van der Waals surface area contributed by atoms with Gasteiger partial charge in [0.1, 0.15) is 30.7 Å². The number of aliphatic hydroxyl groups excluding tert-OH is 2. The highest BCUT2D eigenvalue weighted by atomic mass is 32.2. The Morgan fingerprint density at radius 2 is 0.952 bits per heavy atom. The van der Waals surface area contributed by atoms with Crippen molar-refractivity contribution in [2.75, 3.05) is 25.5 Å². The van der Waals surface area contributed by atoms with Crippen molar-refractivity contribution in [1.82, 2.24) is 0 Å². The minimum absolute atomic E-state index is 0.0800. The predicted molar refractivity (Wildman–Crippen MR) is 247 cm³/mol. The van der Waals surface area contributed by atoms with Gasteiger partial charge in [0.25, 0.3) is 10.1 Å². The zero-order chi connectivity index (χ0) is 46.4. The number of hydrogen-bond donors (Lipinski definition) is 4. The second kappa shape index (κ2) is 39.3. The normalized spacial score (nSPS) is 19.5. The topological polar surface area (TPSA) is 218 Å². The van der Waals surface area contributed by atoms with E-state index in [4.69, 9.17) is 29.4 Å². The molecule has 2 unspecified atom stereocenters. The Kier molecular flexibility index (Phi) is 36.9. The number of esters is 3. The van der Waals surface area contributed by atoms with Gasteiger partial charge in [-0.1, -0.05) is 194 Å². The van der Waals surface area contributed by atoms with Gasteiger partial charge in [-0.05, 0) is 12.8 Å². The number of rotatable bonds is 43. The molecule has 6 atom stereocenters. The highest BCUT2D eigenvalue weighted by Gasteiger charge is 2.48. The molecule has 1 heterocycles. The van der Waals surface area contributed by atoms with E-state index in [0.717, 1.165) is 38.5 Å². The van der Waals surface area contributed by atoms with Gasteiger partial charge in [-0.15, -0.1) is 0 Å². The molecule has 372 valence electrons. The van der Waals surface area contributed by atoms with Crippen molar-refractivity contribution in [2.24, 2.45) is 5.73 Å². The van der Waals surface area contributed by atoms with E-state index < -0.39 is 77.2 Å². The Balaban J connectivity index is 2.58. The molecule has 0 saturated carbocycles. The number of nitrogens with two attached hydrogens (primary N) is 1. The van der Waals surface area contributed by atoms with Gasteiger partial charge >= 0.3 is 17.9 Å². The first kappa shape index (κ1) is 59.1. The predicted octanol–water partition coefficient (Wildman–Crippen LogP) is 9.58. The van der Waals surface area contributed by atoms with Crippen LogP contribution in [0, 0.1) is 0 Å². The molecule has 0 bridgehead atoms. The van der Waals surface area contributed by atoms with E-state index in [9.17, 15) is 37.6 Å². The lowest BCUT2D eigenvalue weighted by atomic mass is 9.99. The van der Waals surface area contributed by atoms with E-state index in [1.807, 2.05) is 0 Å². The molecular formula is C48H91NO13S. The van der Waals surface area contributed by atoms with Crippen molar-refractivity contribution in [1.29, 1.82) is 0 Å². The second-order valence-corrected chi connectivity index (χ2v) is 19.3. The highest BCUT2D eigenvalue weighted by Crippen LogP contribution is 2.27. The van der Waals surface area contributed by atoms with Gasteiger partial charge in [-0.3, -0.25) is 18.9 Å². The number of hydrogen-bond acceptors (Lipinski definition) is 13. The SMILES string of the molecule is CCCCCCCCCCCCCCCCCC(=O)OCC(COC1O[C@H](CS(=O)(=O)O)[C@@H](OC(=O)CCN)[C@H](O)[C@H]1O)OC(=O)CCCCCCCCCCCCCCCCC. The molecule has 0 aromatic carbocycles. The second-order valence-electron chi connectivity index (χ2n) is 17.8. The molecular weight excluding hydrogens is 831 g/mol. The van der Waals surface area contributed by atoms with Crippen molar-refractivity contribution in [3.63, 3.8) is 0 Å². The summed E-state index contributed by atoms with van der Waals surface area (Å²) in [7, 11) is -4.70. The fourth-order valence-electron chi connectivity index (χ4n) is 7.96. The molecule has 0 amide bonds. The van der Waals surface area contributed by atoms with E-state index >= 15 is 0 Å². The van der Waals surface area contributed by atoms with Crippen molar-refractivity contribution in [3.8, 4) is 0 Å². The van der Waals surface area contributed by atoms with Crippen LogP contribution in [0.5, 0.6) is 0 Å². The Labute approximate surface area is 381 Å². The quantitative estimate of drug-likeness (QED) is 0.0194. The molecule has 1 rings (SSSR count). The highest BCUT2D eigenvalue weighted by molar-refractivity contribution is 7.85. The molecule has 1 aliphatic rings. The van der Waals surface area contributed by atoms with Crippen molar-refractivity contribution >= 4 is 28.0 Å². The van der Waals surface area contributed by atoms with Crippen molar-refractivity contribution in [2.45, 2.75) is 263 Å². The van der Waals surface area contributed by atoms with Gasteiger partial charge < -0.3 is 39.6 Å². The summed E-state index contributed by atoms with van der Waals surface area (Å²) in [5, 5.41) is 21.6. The Hall–Kier alpha value is -1.88. The average molecular weight is 922 g/mol. The van der Waals surface area contributed by atoms with E-state index in [2.05, 4.69) is 13.8 Å². The lowest BCUT2D eigenvalue weighted by molar-refractivity contribution is -0.299. The molecule has 63 heavy (non-hydrogen) atoms. The molecule has 5 N–H and O–H groups in total. The molecule has 1 aliphatic heterocycles. The standard InChI is InChI=1S/C48H91NO13S/c1-3-5-7-9-11-13-15-17-19-21-23-25-27-29-31-33-42(50)58-37-40(60-43(51)34-32-30-28-26-24-22-20-18-16-14-12-10-8-6-4-2)38-59-48-46(54)45(53)47(62-44(52)35-36-49)41(61-48)39-63(55,56)57/h40-41,45-48,53-54H,3-39,49H2,1-2H3,(H,55,56,57)/t40?,41-,45-,46-,47-,48?/m1/s1. The van der Waals surface area contributed by atoms with Crippen LogP contribution in [0.4, 0.5) is 0 Å². The van der Waals surface area contributed by atoms with E-state index in [0.29, 0.717) is 12.8 Å². The van der Waals surface area contributed by atoms with Crippen LogP contribution >= 0.6 is 0 Å². The maximum absolute atomic E-state index is 12.9. The fourth-order valence-corrected chi connectivity index (χ4v) is 8.65. The summed E-state index contributed by atoms with van der Waals surface area (Å²) in [6.07, 6.45) is 26.4. The third kappa shape index (κ3) is 33.3. The van der Waals surface area contributed by atoms with E-state index in [-0.39, 0.29) is 32.4 Å². The first-order valence-electron chi connectivity index (χ1n) is 25.2. The zero-order valence-electron chi connectivity index (χ0n) is 39.5. The number of unbranched alkanes of at least 4 members (excludes halogenated alkanes) is 28. The van der Waals surface area contributed by atoms with Crippen LogP contribution in [0.3, 0.4) is 0 Å². The molecule has 1 fully saturated rings. The monoisotopic (exact) mass is 922 g/mol. The zero-order valence-corrected chi connectivity index (χ0v) is 40.4. The van der Waals surface area contributed by atoms with Crippen LogP contribution in [-0.2, 0) is 48.2 Å². The molecule has 14 nitrogen and oxygen atoms in total. The van der Waals surface area contributed by atoms with Gasteiger partial charge in [-0.25, -0.2) is 0 Å². The smallest absolute Gasteiger partial charge is 0.307 e. The van der Waals surface area contributed by atoms with Gasteiger partial charge in [0.15, 0.2) is 18.5 Å². The van der Waals surface area contributed by atoms with Gasteiger partial charge in [0.05, 0.1) is 13.0 Å². The first-order chi connectivity index (χ1) is 30.4. The summed E-state index contributed by atoms with van der Waals surface area (Å²) in [4.78, 5) is 37.8. The molecule has 15 heteroatoms. The lowest BCUT2D eigenvalue weighted by Crippen LogP contribution is -2.61. The van der Waals surface area contributed by atoms with Crippen LogP contribution in [0.2, 0.25) is 0 Å². The average Bonchev–Trinajstić information content (AvgIpc) is 3.24. The molecule has 1 saturated heterocycles. The summed E-state index contributed by atoms with van der Waals surface area (Å²) in [5.74, 6) is -2.92. The van der Waals surface area contributed by atoms with Crippen LogP contribution in [0.1, 0.15) is 226 Å². The third-order valence-electron chi connectivity index (χ3n) is 11.8. The van der Waals surface area contributed by atoms with Gasteiger partial charge in [0, 0.05) is 19.4 Å². The van der Waals surface area contributed by atoms with Gasteiger partial charge in [-0.2, -0.15) is 8.42 Å². The van der Waals surface area contributed by atoms with E-state index in [1.165, 1.54) is 141 Å². The van der Waals surface area contributed by atoms with Gasteiger partial charge in [0.2, 0.25) is 0 Å². The van der Waals surface area contributed by atoms with Crippen LogP contribution < -0.4 is 5.73 Å². The van der Waals surface area contributed by atoms with Crippen LogP contribution in [0.15, 0.2) is 0 Å². The maximum atomic E-state index is 12.9. The fraction of sp³-hybridized carbons (Fsp3) is 0.938. The Bertz CT molecular complexity index is 1240. The maximum Gasteiger partial charge on any atom is 0.307 e.